The second-order valence-corrected chi connectivity index (χ2v) is 4.71. The summed E-state index contributed by atoms with van der Waals surface area (Å²) in [4.78, 5) is 4.16. The zero-order valence-corrected chi connectivity index (χ0v) is 12.3. The summed E-state index contributed by atoms with van der Waals surface area (Å²) in [6.45, 7) is 2.73. The van der Waals surface area contributed by atoms with Crippen LogP contribution in [0.2, 0.25) is 0 Å². The van der Waals surface area contributed by atoms with Gasteiger partial charge in [-0.05, 0) is 66.3 Å². The van der Waals surface area contributed by atoms with Crippen LogP contribution >= 0.6 is 12.4 Å². The quantitative estimate of drug-likeness (QED) is 0.835. The van der Waals surface area contributed by atoms with Crippen molar-refractivity contribution in [2.45, 2.75) is 19.8 Å². The number of halogens is 1. The third-order valence-electron chi connectivity index (χ3n) is 3.42. The molecule has 2 aromatic rings. The molecule has 20 heavy (non-hydrogen) atoms. The van der Waals surface area contributed by atoms with Crippen LogP contribution in [0.3, 0.4) is 0 Å². The van der Waals surface area contributed by atoms with E-state index in [1.54, 1.807) is 6.20 Å². The number of rotatable bonds is 3. The fraction of sp³-hybridized carbons (Fsp3) is 0.235. The van der Waals surface area contributed by atoms with Crippen molar-refractivity contribution >= 4 is 24.1 Å². The summed E-state index contributed by atoms with van der Waals surface area (Å²) in [7, 11) is 0. The fourth-order valence-electron chi connectivity index (χ4n) is 2.56. The molecule has 0 aliphatic heterocycles. The molecule has 1 aromatic heterocycles. The highest BCUT2D eigenvalue weighted by molar-refractivity contribution is 5.85. The molecule has 0 spiro atoms. The molecular formula is C17H18ClNO. The van der Waals surface area contributed by atoms with Gasteiger partial charge in [-0.15, -0.1) is 12.4 Å². The molecule has 1 heterocycles. The minimum absolute atomic E-state index is 0. The number of aromatic nitrogens is 1. The predicted molar refractivity (Wildman–Crippen MR) is 85.3 cm³/mol. The molecule has 104 valence electrons. The predicted octanol–water partition coefficient (Wildman–Crippen LogP) is 4.39. The molecule has 3 heteroatoms. The van der Waals surface area contributed by atoms with Gasteiger partial charge in [-0.1, -0.05) is 12.1 Å². The van der Waals surface area contributed by atoms with Crippen molar-refractivity contribution in [3.05, 3.63) is 59.4 Å². The Morgan fingerprint density at radius 2 is 2.15 bits per heavy atom. The largest absolute Gasteiger partial charge is 0.494 e. The van der Waals surface area contributed by atoms with Gasteiger partial charge in [-0.3, -0.25) is 4.98 Å². The molecule has 0 fully saturated rings. The molecule has 1 aromatic carbocycles. The lowest BCUT2D eigenvalue weighted by atomic mass is 10.0. The van der Waals surface area contributed by atoms with Crippen molar-refractivity contribution in [3.8, 4) is 5.75 Å². The lowest BCUT2D eigenvalue weighted by Gasteiger charge is -2.06. The average Bonchev–Trinajstić information content (AvgIpc) is 2.83. The van der Waals surface area contributed by atoms with Gasteiger partial charge in [0.15, 0.2) is 0 Å². The zero-order chi connectivity index (χ0) is 13.1. The smallest absolute Gasteiger partial charge is 0.119 e. The first-order chi connectivity index (χ1) is 9.36. The first kappa shape index (κ1) is 14.6. The van der Waals surface area contributed by atoms with E-state index in [-0.39, 0.29) is 12.4 Å². The molecule has 3 rings (SSSR count). The molecule has 0 atom stereocenters. The topological polar surface area (TPSA) is 22.1 Å². The van der Waals surface area contributed by atoms with Crippen LogP contribution in [0.5, 0.6) is 5.75 Å². The number of allylic oxidation sites excluding steroid dienone is 1. The van der Waals surface area contributed by atoms with Gasteiger partial charge in [0.2, 0.25) is 0 Å². The van der Waals surface area contributed by atoms with Crippen LogP contribution in [-0.4, -0.2) is 11.6 Å². The van der Waals surface area contributed by atoms with Crippen molar-refractivity contribution in [2.24, 2.45) is 0 Å². The summed E-state index contributed by atoms with van der Waals surface area (Å²) >= 11 is 0. The maximum Gasteiger partial charge on any atom is 0.119 e. The number of pyridine rings is 1. The van der Waals surface area contributed by atoms with Crippen LogP contribution in [0.1, 0.15) is 30.0 Å². The first-order valence-electron chi connectivity index (χ1n) is 6.73. The highest BCUT2D eigenvalue weighted by Crippen LogP contribution is 2.35. The minimum atomic E-state index is 0. The maximum atomic E-state index is 5.56. The summed E-state index contributed by atoms with van der Waals surface area (Å²) < 4.78 is 5.56. The van der Waals surface area contributed by atoms with Crippen molar-refractivity contribution in [1.29, 1.82) is 0 Å². The van der Waals surface area contributed by atoms with Crippen LogP contribution in [0, 0.1) is 0 Å². The molecule has 0 radical (unpaired) electrons. The minimum Gasteiger partial charge on any atom is -0.494 e. The molecule has 0 saturated heterocycles. The molecule has 0 saturated carbocycles. The van der Waals surface area contributed by atoms with E-state index in [1.165, 1.54) is 22.3 Å². The second kappa shape index (κ2) is 6.58. The summed E-state index contributed by atoms with van der Waals surface area (Å²) in [5.74, 6) is 0.976. The SMILES string of the molecule is CCOc1ccc2c(c1)CCC2=Cc1cccnc1.Cl. The summed E-state index contributed by atoms with van der Waals surface area (Å²) in [6, 6.07) is 10.5. The molecule has 0 unspecified atom stereocenters. The number of nitrogens with zero attached hydrogens (tertiary/aromatic N) is 1. The Morgan fingerprint density at radius 1 is 1.25 bits per heavy atom. The number of ether oxygens (including phenoxy) is 1. The van der Waals surface area contributed by atoms with Gasteiger partial charge in [0.1, 0.15) is 5.75 Å². The fourth-order valence-corrected chi connectivity index (χ4v) is 2.56. The van der Waals surface area contributed by atoms with Crippen molar-refractivity contribution < 1.29 is 4.74 Å². The number of hydrogen-bond acceptors (Lipinski definition) is 2. The lowest BCUT2D eigenvalue weighted by molar-refractivity contribution is 0.340. The third-order valence-corrected chi connectivity index (χ3v) is 3.42. The van der Waals surface area contributed by atoms with Crippen molar-refractivity contribution in [2.75, 3.05) is 6.61 Å². The summed E-state index contributed by atoms with van der Waals surface area (Å²) in [5.41, 5.74) is 5.30. The van der Waals surface area contributed by atoms with Gasteiger partial charge in [-0.2, -0.15) is 0 Å². The highest BCUT2D eigenvalue weighted by atomic mass is 35.5. The van der Waals surface area contributed by atoms with E-state index in [0.717, 1.165) is 25.2 Å². The van der Waals surface area contributed by atoms with Crippen LogP contribution in [0.25, 0.3) is 11.6 Å². The van der Waals surface area contributed by atoms with E-state index >= 15 is 0 Å². The molecule has 0 bridgehead atoms. The summed E-state index contributed by atoms with van der Waals surface area (Å²) in [6.07, 6.45) is 8.14. The van der Waals surface area contributed by atoms with E-state index in [9.17, 15) is 0 Å². The van der Waals surface area contributed by atoms with Crippen LogP contribution in [0.4, 0.5) is 0 Å². The van der Waals surface area contributed by atoms with Gasteiger partial charge >= 0.3 is 0 Å². The Bertz CT molecular complexity index is 608. The highest BCUT2D eigenvalue weighted by Gasteiger charge is 2.16. The van der Waals surface area contributed by atoms with Crippen LogP contribution in [0.15, 0.2) is 42.7 Å². The van der Waals surface area contributed by atoms with E-state index in [1.807, 2.05) is 19.2 Å². The molecule has 1 aliphatic carbocycles. The molecule has 0 amide bonds. The Balaban J connectivity index is 0.00000147. The van der Waals surface area contributed by atoms with E-state index < -0.39 is 0 Å². The van der Waals surface area contributed by atoms with Crippen molar-refractivity contribution in [3.63, 3.8) is 0 Å². The standard InChI is InChI=1S/C17H17NO.ClH/c1-2-19-16-7-8-17-14(5-6-15(17)11-16)10-13-4-3-9-18-12-13;/h3-4,7-12H,2,5-6H2,1H3;1H. The normalized spacial score (nSPS) is 14.8. The monoisotopic (exact) mass is 287 g/mol. The van der Waals surface area contributed by atoms with Gasteiger partial charge < -0.3 is 4.74 Å². The molecule has 1 aliphatic rings. The lowest BCUT2D eigenvalue weighted by Crippen LogP contribution is -1.92. The maximum absolute atomic E-state index is 5.56. The Morgan fingerprint density at radius 3 is 2.90 bits per heavy atom. The molecule has 2 nitrogen and oxygen atoms in total. The van der Waals surface area contributed by atoms with E-state index in [0.29, 0.717) is 0 Å². The molecule has 0 N–H and O–H groups in total. The average molecular weight is 288 g/mol. The van der Waals surface area contributed by atoms with Gasteiger partial charge in [-0.25, -0.2) is 0 Å². The number of fused-ring (bicyclic) bond motifs is 1. The Hall–Kier alpha value is -1.80. The number of hydrogen-bond donors (Lipinski definition) is 0. The van der Waals surface area contributed by atoms with Gasteiger partial charge in [0, 0.05) is 12.4 Å². The third kappa shape index (κ3) is 3.02. The van der Waals surface area contributed by atoms with Gasteiger partial charge in [0.25, 0.3) is 0 Å². The second-order valence-electron chi connectivity index (χ2n) is 4.71. The number of benzene rings is 1. The summed E-state index contributed by atoms with van der Waals surface area (Å²) in [5, 5.41) is 0. The first-order valence-corrected chi connectivity index (χ1v) is 6.73. The zero-order valence-electron chi connectivity index (χ0n) is 11.5. The Labute approximate surface area is 125 Å². The van der Waals surface area contributed by atoms with Gasteiger partial charge in [0.05, 0.1) is 6.61 Å². The molecular weight excluding hydrogens is 270 g/mol. The van der Waals surface area contributed by atoms with Crippen LogP contribution in [-0.2, 0) is 6.42 Å². The van der Waals surface area contributed by atoms with E-state index in [4.69, 9.17) is 4.74 Å². The van der Waals surface area contributed by atoms with E-state index in [2.05, 4.69) is 35.3 Å². The Kier molecular flexibility index (Phi) is 4.80. The number of aryl methyl sites for hydroxylation is 1. The van der Waals surface area contributed by atoms with Crippen molar-refractivity contribution in [1.82, 2.24) is 4.98 Å². The van der Waals surface area contributed by atoms with Crippen LogP contribution < -0.4 is 4.74 Å².